The predicted molar refractivity (Wildman–Crippen MR) is 44.3 cm³/mol. The molecule has 0 bridgehead atoms. The highest BCUT2D eigenvalue weighted by Crippen LogP contribution is 2.31. The maximum absolute atomic E-state index is 12.1. The molecule has 70 valence electrons. The van der Waals surface area contributed by atoms with Crippen molar-refractivity contribution in [2.45, 2.75) is 6.18 Å². The predicted octanol–water partition coefficient (Wildman–Crippen LogP) is 3.36. The van der Waals surface area contributed by atoms with Gasteiger partial charge in [-0.15, -0.1) is 0 Å². The van der Waals surface area contributed by atoms with Crippen LogP contribution >= 0.6 is 11.6 Å². The largest absolute Gasteiger partial charge is 0.416 e. The lowest BCUT2D eigenvalue weighted by molar-refractivity contribution is -0.137. The molecule has 0 saturated heterocycles. The average molecular weight is 208 g/mol. The minimum atomic E-state index is -4.39. The van der Waals surface area contributed by atoms with Crippen LogP contribution in [-0.2, 0) is 6.18 Å². The van der Waals surface area contributed by atoms with Crippen LogP contribution in [0.4, 0.5) is 13.2 Å². The van der Waals surface area contributed by atoms with E-state index in [1.54, 1.807) is 0 Å². The first-order valence-corrected chi connectivity index (χ1v) is 3.70. The quantitative estimate of drug-likeness (QED) is 0.683. The third kappa shape index (κ3) is 2.21. The average Bonchev–Trinajstić information content (AvgIpc) is 2.03. The van der Waals surface area contributed by atoms with Crippen LogP contribution in [0.1, 0.15) is 11.1 Å². The van der Waals surface area contributed by atoms with Crippen molar-refractivity contribution >= 4 is 17.8 Å². The van der Waals surface area contributed by atoms with Crippen molar-refractivity contribution in [3.8, 4) is 0 Å². The van der Waals surface area contributed by atoms with Crippen LogP contribution < -0.4 is 0 Å². The molecule has 0 aliphatic carbocycles. The maximum atomic E-state index is 12.1. The molecule has 1 rings (SSSR count). The molecule has 1 N–H and O–H groups in total. The highest BCUT2D eigenvalue weighted by Gasteiger charge is 2.30. The Hall–Kier alpha value is -1.03. The number of benzene rings is 1. The van der Waals surface area contributed by atoms with Crippen molar-refractivity contribution in [2.75, 3.05) is 0 Å². The molecular formula is C8H5ClF3N. The molecule has 1 nitrogen and oxygen atoms in total. The Morgan fingerprint density at radius 2 is 1.92 bits per heavy atom. The second kappa shape index (κ2) is 3.38. The Morgan fingerprint density at radius 1 is 1.31 bits per heavy atom. The van der Waals surface area contributed by atoms with E-state index in [0.29, 0.717) is 0 Å². The molecule has 0 aromatic heterocycles. The minimum Gasteiger partial charge on any atom is -0.308 e. The Kier molecular flexibility index (Phi) is 2.61. The normalized spacial score (nSPS) is 11.4. The van der Waals surface area contributed by atoms with E-state index in [1.807, 2.05) is 0 Å². The van der Waals surface area contributed by atoms with E-state index in [1.165, 1.54) is 0 Å². The van der Waals surface area contributed by atoms with Gasteiger partial charge in [0.1, 0.15) is 0 Å². The molecule has 5 heteroatoms. The number of rotatable bonds is 1. The second-order valence-electron chi connectivity index (χ2n) is 2.38. The van der Waals surface area contributed by atoms with Gasteiger partial charge in [-0.05, 0) is 18.2 Å². The molecule has 13 heavy (non-hydrogen) atoms. The first-order chi connectivity index (χ1) is 5.95. The molecule has 0 spiro atoms. The van der Waals surface area contributed by atoms with Gasteiger partial charge in [0.05, 0.1) is 5.56 Å². The van der Waals surface area contributed by atoms with E-state index in [-0.39, 0.29) is 10.6 Å². The summed E-state index contributed by atoms with van der Waals surface area (Å²) in [5, 5.41) is 6.95. The summed E-state index contributed by atoms with van der Waals surface area (Å²) >= 11 is 5.53. The van der Waals surface area contributed by atoms with Crippen LogP contribution in [0.5, 0.6) is 0 Å². The van der Waals surface area contributed by atoms with Crippen LogP contribution in [0.3, 0.4) is 0 Å². The number of halogens is 4. The summed E-state index contributed by atoms with van der Waals surface area (Å²) in [7, 11) is 0. The molecule has 0 unspecified atom stereocenters. The fourth-order valence-corrected chi connectivity index (χ4v) is 1.00. The zero-order chi connectivity index (χ0) is 10.1. The van der Waals surface area contributed by atoms with Gasteiger partial charge in [-0.2, -0.15) is 13.2 Å². The summed E-state index contributed by atoms with van der Waals surface area (Å²) in [4.78, 5) is 0. The van der Waals surface area contributed by atoms with Crippen molar-refractivity contribution in [1.82, 2.24) is 0 Å². The maximum Gasteiger partial charge on any atom is 0.416 e. The monoisotopic (exact) mass is 207 g/mol. The third-order valence-electron chi connectivity index (χ3n) is 1.48. The zero-order valence-corrected chi connectivity index (χ0v) is 7.08. The van der Waals surface area contributed by atoms with Gasteiger partial charge >= 0.3 is 6.18 Å². The lowest BCUT2D eigenvalue weighted by atomic mass is 10.1. The fraction of sp³-hybridized carbons (Fsp3) is 0.125. The number of nitrogens with one attached hydrogen (secondary N) is 1. The van der Waals surface area contributed by atoms with E-state index in [2.05, 4.69) is 0 Å². The highest BCUT2D eigenvalue weighted by molar-refractivity contribution is 6.33. The SMILES string of the molecule is N=Cc1cc(C(F)(F)F)ccc1Cl. The summed E-state index contributed by atoms with van der Waals surface area (Å²) in [6.07, 6.45) is -3.60. The van der Waals surface area contributed by atoms with Crippen LogP contribution in [0.2, 0.25) is 5.02 Å². The second-order valence-corrected chi connectivity index (χ2v) is 2.79. The first-order valence-electron chi connectivity index (χ1n) is 3.32. The van der Waals surface area contributed by atoms with Crippen LogP contribution in [0, 0.1) is 5.41 Å². The number of hydrogen-bond donors (Lipinski definition) is 1. The summed E-state index contributed by atoms with van der Waals surface area (Å²) in [5.74, 6) is 0. The van der Waals surface area contributed by atoms with E-state index in [0.717, 1.165) is 24.4 Å². The van der Waals surface area contributed by atoms with E-state index < -0.39 is 11.7 Å². The van der Waals surface area contributed by atoms with Crippen molar-refractivity contribution in [2.24, 2.45) is 0 Å². The van der Waals surface area contributed by atoms with E-state index in [4.69, 9.17) is 17.0 Å². The summed E-state index contributed by atoms with van der Waals surface area (Å²) < 4.78 is 36.4. The van der Waals surface area contributed by atoms with Crippen molar-refractivity contribution in [3.05, 3.63) is 34.3 Å². The highest BCUT2D eigenvalue weighted by atomic mass is 35.5. The molecule has 0 fully saturated rings. The molecule has 0 amide bonds. The van der Waals surface area contributed by atoms with Crippen LogP contribution in [-0.4, -0.2) is 6.21 Å². The zero-order valence-electron chi connectivity index (χ0n) is 6.32. The van der Waals surface area contributed by atoms with Crippen molar-refractivity contribution in [3.63, 3.8) is 0 Å². The molecule has 1 aromatic carbocycles. The molecule has 0 radical (unpaired) electrons. The first kappa shape index (κ1) is 10.1. The molecular weight excluding hydrogens is 203 g/mol. The standard InChI is InChI=1S/C8H5ClF3N/c9-7-2-1-6(8(10,11)12)3-5(7)4-13/h1-4,13H. The topological polar surface area (TPSA) is 23.9 Å². The Balaban J connectivity index is 3.21. The molecule has 0 aliphatic heterocycles. The number of alkyl halides is 3. The molecule has 0 heterocycles. The van der Waals surface area contributed by atoms with Gasteiger partial charge in [0.2, 0.25) is 0 Å². The van der Waals surface area contributed by atoms with Gasteiger partial charge < -0.3 is 5.41 Å². The lowest BCUT2D eigenvalue weighted by Crippen LogP contribution is -2.05. The molecule has 0 saturated carbocycles. The molecule has 0 atom stereocenters. The van der Waals surface area contributed by atoms with E-state index in [9.17, 15) is 13.2 Å². The van der Waals surface area contributed by atoms with E-state index >= 15 is 0 Å². The summed E-state index contributed by atoms with van der Waals surface area (Å²) in [6.45, 7) is 0. The summed E-state index contributed by atoms with van der Waals surface area (Å²) in [6, 6.07) is 2.86. The Labute approximate surface area is 77.6 Å². The van der Waals surface area contributed by atoms with Gasteiger partial charge in [0.25, 0.3) is 0 Å². The molecule has 1 aromatic rings. The smallest absolute Gasteiger partial charge is 0.308 e. The van der Waals surface area contributed by atoms with Gasteiger partial charge in [-0.3, -0.25) is 0 Å². The van der Waals surface area contributed by atoms with Crippen LogP contribution in [0.15, 0.2) is 18.2 Å². The van der Waals surface area contributed by atoms with Gasteiger partial charge in [0, 0.05) is 16.8 Å². The Morgan fingerprint density at radius 3 is 2.38 bits per heavy atom. The number of hydrogen-bond acceptors (Lipinski definition) is 1. The van der Waals surface area contributed by atoms with Gasteiger partial charge in [-0.1, -0.05) is 11.6 Å². The van der Waals surface area contributed by atoms with Crippen molar-refractivity contribution < 1.29 is 13.2 Å². The van der Waals surface area contributed by atoms with Gasteiger partial charge in [-0.25, -0.2) is 0 Å². The molecule has 0 aliphatic rings. The van der Waals surface area contributed by atoms with Gasteiger partial charge in [0.15, 0.2) is 0 Å². The lowest BCUT2D eigenvalue weighted by Gasteiger charge is -2.07. The third-order valence-corrected chi connectivity index (χ3v) is 1.82. The fourth-order valence-electron chi connectivity index (χ4n) is 0.831. The minimum absolute atomic E-state index is 0.0662. The summed E-state index contributed by atoms with van der Waals surface area (Å²) in [5.41, 5.74) is -0.730. The van der Waals surface area contributed by atoms with Crippen LogP contribution in [0.25, 0.3) is 0 Å². The van der Waals surface area contributed by atoms with Crippen molar-refractivity contribution in [1.29, 1.82) is 5.41 Å². The Bertz CT molecular complexity index is 333.